The number of para-hydroxylation sites is 1. The molecule has 1 N–H and O–H groups in total. The van der Waals surface area contributed by atoms with Gasteiger partial charge in [-0.1, -0.05) is 36.0 Å². The number of benzene rings is 2. The molecule has 1 aromatic heterocycles. The molecule has 0 saturated heterocycles. The van der Waals surface area contributed by atoms with E-state index in [4.69, 9.17) is 0 Å². The smallest absolute Gasteiger partial charge is 0.262 e. The molecule has 6 nitrogen and oxygen atoms in total. The van der Waals surface area contributed by atoms with Crippen molar-refractivity contribution in [2.75, 3.05) is 12.3 Å². The van der Waals surface area contributed by atoms with Gasteiger partial charge in [0.2, 0.25) is 5.91 Å². The summed E-state index contributed by atoms with van der Waals surface area (Å²) in [4.78, 5) is 32.7. The van der Waals surface area contributed by atoms with Gasteiger partial charge in [0.15, 0.2) is 5.16 Å². The van der Waals surface area contributed by atoms with E-state index in [0.717, 1.165) is 5.56 Å². The number of nitrogens with one attached hydrogen (secondary N) is 1. The van der Waals surface area contributed by atoms with E-state index in [1.165, 1.54) is 23.9 Å². The van der Waals surface area contributed by atoms with Gasteiger partial charge in [0.05, 0.1) is 16.7 Å². The third kappa shape index (κ3) is 6.65. The Kier molecular flexibility index (Phi) is 8.63. The quantitative estimate of drug-likeness (QED) is 0.358. The van der Waals surface area contributed by atoms with E-state index in [-0.39, 0.29) is 23.0 Å². The normalized spacial score (nSPS) is 11.6. The summed E-state index contributed by atoms with van der Waals surface area (Å²) in [6.07, 6.45) is 0. The molecule has 2 aromatic carbocycles. The molecular weight excluding hydrogens is 439 g/mol. The Labute approximate surface area is 198 Å². The van der Waals surface area contributed by atoms with Gasteiger partial charge in [-0.25, -0.2) is 9.37 Å². The lowest BCUT2D eigenvalue weighted by Gasteiger charge is -2.30. The first kappa shape index (κ1) is 24.9. The van der Waals surface area contributed by atoms with Gasteiger partial charge in [0, 0.05) is 31.7 Å². The van der Waals surface area contributed by atoms with Gasteiger partial charge in [0.1, 0.15) is 5.82 Å². The number of hydrogen-bond acceptors (Lipinski definition) is 5. The fourth-order valence-electron chi connectivity index (χ4n) is 3.77. The minimum atomic E-state index is -0.311. The van der Waals surface area contributed by atoms with Gasteiger partial charge in [0.25, 0.3) is 5.56 Å². The van der Waals surface area contributed by atoms with Crippen molar-refractivity contribution < 1.29 is 9.18 Å². The maximum Gasteiger partial charge on any atom is 0.262 e. The Morgan fingerprint density at radius 3 is 2.42 bits per heavy atom. The molecule has 0 fully saturated rings. The molecule has 1 heterocycles. The van der Waals surface area contributed by atoms with E-state index < -0.39 is 0 Å². The Morgan fingerprint density at radius 2 is 1.76 bits per heavy atom. The number of amides is 1. The van der Waals surface area contributed by atoms with Crippen molar-refractivity contribution in [1.82, 2.24) is 19.8 Å². The second-order valence-corrected chi connectivity index (χ2v) is 9.43. The van der Waals surface area contributed by atoms with Gasteiger partial charge in [-0.05, 0) is 57.5 Å². The molecular formula is C25H31FN4O2S. The topological polar surface area (TPSA) is 67.2 Å². The monoisotopic (exact) mass is 470 g/mol. The zero-order chi connectivity index (χ0) is 24.0. The predicted molar refractivity (Wildman–Crippen MR) is 132 cm³/mol. The van der Waals surface area contributed by atoms with Gasteiger partial charge >= 0.3 is 0 Å². The average molecular weight is 471 g/mol. The first-order valence-corrected chi connectivity index (χ1v) is 12.1. The SMILES string of the molecule is CC(C)N(CCn1c(SCC(=O)NCc2ccc(F)cc2)nc2ccccc2c1=O)C(C)C. The van der Waals surface area contributed by atoms with Crippen molar-refractivity contribution in [3.63, 3.8) is 0 Å². The summed E-state index contributed by atoms with van der Waals surface area (Å²) < 4.78 is 14.7. The van der Waals surface area contributed by atoms with Crippen LogP contribution in [0.4, 0.5) is 4.39 Å². The molecule has 0 radical (unpaired) electrons. The van der Waals surface area contributed by atoms with Crippen molar-refractivity contribution in [3.8, 4) is 0 Å². The molecule has 0 bridgehead atoms. The summed E-state index contributed by atoms with van der Waals surface area (Å²) in [5, 5.41) is 3.94. The number of thioether (sulfide) groups is 1. The van der Waals surface area contributed by atoms with Crippen LogP contribution >= 0.6 is 11.8 Å². The van der Waals surface area contributed by atoms with Crippen LogP contribution in [0.25, 0.3) is 10.9 Å². The first-order chi connectivity index (χ1) is 15.8. The molecule has 33 heavy (non-hydrogen) atoms. The summed E-state index contributed by atoms with van der Waals surface area (Å²) in [5.74, 6) is -0.358. The summed E-state index contributed by atoms with van der Waals surface area (Å²) in [6, 6.07) is 14.0. The number of halogens is 1. The van der Waals surface area contributed by atoms with Crippen LogP contribution in [0.5, 0.6) is 0 Å². The van der Waals surface area contributed by atoms with Crippen LogP contribution in [0.3, 0.4) is 0 Å². The lowest BCUT2D eigenvalue weighted by Crippen LogP contribution is -2.40. The van der Waals surface area contributed by atoms with E-state index in [1.54, 1.807) is 22.8 Å². The maximum absolute atomic E-state index is 13.2. The lowest BCUT2D eigenvalue weighted by molar-refractivity contribution is -0.118. The summed E-state index contributed by atoms with van der Waals surface area (Å²) in [6.45, 7) is 10.1. The Hall–Kier alpha value is -2.71. The van der Waals surface area contributed by atoms with Gasteiger partial charge in [-0.2, -0.15) is 0 Å². The summed E-state index contributed by atoms with van der Waals surface area (Å²) in [5.41, 5.74) is 1.35. The second-order valence-electron chi connectivity index (χ2n) is 8.49. The number of carbonyl (C=O) groups excluding carboxylic acids is 1. The van der Waals surface area contributed by atoms with Crippen molar-refractivity contribution in [1.29, 1.82) is 0 Å². The zero-order valence-corrected chi connectivity index (χ0v) is 20.4. The molecule has 0 aliphatic carbocycles. The Balaban J connectivity index is 1.75. The molecule has 3 rings (SSSR count). The van der Waals surface area contributed by atoms with Gasteiger partial charge in [-0.3, -0.25) is 19.1 Å². The summed E-state index contributed by atoms with van der Waals surface area (Å²) >= 11 is 1.25. The lowest BCUT2D eigenvalue weighted by atomic mass is 10.2. The van der Waals surface area contributed by atoms with Crippen LogP contribution in [0.15, 0.2) is 58.5 Å². The molecule has 0 aliphatic heterocycles. The fourth-order valence-corrected chi connectivity index (χ4v) is 4.62. The van der Waals surface area contributed by atoms with Gasteiger partial charge in [-0.15, -0.1) is 0 Å². The highest BCUT2D eigenvalue weighted by molar-refractivity contribution is 7.99. The third-order valence-corrected chi connectivity index (χ3v) is 6.45. The zero-order valence-electron chi connectivity index (χ0n) is 19.5. The number of rotatable bonds is 10. The number of fused-ring (bicyclic) bond motifs is 1. The second kappa shape index (κ2) is 11.4. The van der Waals surface area contributed by atoms with Crippen LogP contribution in [0.1, 0.15) is 33.3 Å². The molecule has 0 aliphatic rings. The molecule has 8 heteroatoms. The molecule has 0 unspecified atom stereocenters. The van der Waals surface area contributed by atoms with Crippen LogP contribution in [0, 0.1) is 5.82 Å². The Bertz CT molecular complexity index is 1140. The number of carbonyl (C=O) groups is 1. The fraction of sp³-hybridized carbons (Fsp3) is 0.400. The van der Waals surface area contributed by atoms with E-state index in [9.17, 15) is 14.0 Å². The predicted octanol–water partition coefficient (Wildman–Crippen LogP) is 4.06. The van der Waals surface area contributed by atoms with Crippen molar-refractivity contribution >= 4 is 28.6 Å². The standard InChI is InChI=1S/C25H31FN4O2S/c1-17(2)29(18(3)4)13-14-30-24(32)21-7-5-6-8-22(21)28-25(30)33-16-23(31)27-15-19-9-11-20(26)12-10-19/h5-12,17-18H,13-16H2,1-4H3,(H,27,31). The van der Waals surface area contributed by atoms with E-state index in [2.05, 4.69) is 42.9 Å². The minimum absolute atomic E-state index is 0.0951. The van der Waals surface area contributed by atoms with Crippen molar-refractivity contribution in [2.45, 2.75) is 58.0 Å². The Morgan fingerprint density at radius 1 is 1.09 bits per heavy atom. The molecule has 0 saturated carbocycles. The highest BCUT2D eigenvalue weighted by Gasteiger charge is 2.17. The van der Waals surface area contributed by atoms with E-state index >= 15 is 0 Å². The van der Waals surface area contributed by atoms with E-state index in [0.29, 0.717) is 47.8 Å². The molecule has 3 aromatic rings. The van der Waals surface area contributed by atoms with E-state index in [1.807, 2.05) is 18.2 Å². The number of aromatic nitrogens is 2. The molecule has 0 spiro atoms. The average Bonchev–Trinajstić information content (AvgIpc) is 2.78. The third-order valence-electron chi connectivity index (χ3n) is 5.47. The molecule has 176 valence electrons. The van der Waals surface area contributed by atoms with Gasteiger partial charge < -0.3 is 5.32 Å². The first-order valence-electron chi connectivity index (χ1n) is 11.2. The summed E-state index contributed by atoms with van der Waals surface area (Å²) in [7, 11) is 0. The largest absolute Gasteiger partial charge is 0.351 e. The number of nitrogens with zero attached hydrogens (tertiary/aromatic N) is 3. The highest BCUT2D eigenvalue weighted by atomic mass is 32.2. The molecule has 0 atom stereocenters. The minimum Gasteiger partial charge on any atom is -0.351 e. The van der Waals surface area contributed by atoms with Crippen LogP contribution in [-0.2, 0) is 17.9 Å². The number of hydrogen-bond donors (Lipinski definition) is 1. The van der Waals surface area contributed by atoms with Crippen LogP contribution in [0.2, 0.25) is 0 Å². The van der Waals surface area contributed by atoms with Crippen molar-refractivity contribution in [3.05, 3.63) is 70.3 Å². The molecule has 1 amide bonds. The van der Waals surface area contributed by atoms with Crippen LogP contribution in [-0.4, -0.2) is 44.7 Å². The van der Waals surface area contributed by atoms with Crippen molar-refractivity contribution in [2.24, 2.45) is 0 Å². The maximum atomic E-state index is 13.2. The van der Waals surface area contributed by atoms with Crippen LogP contribution < -0.4 is 10.9 Å². The highest BCUT2D eigenvalue weighted by Crippen LogP contribution is 2.18.